The second-order valence-electron chi connectivity index (χ2n) is 8.39. The molecule has 36 heavy (non-hydrogen) atoms. The van der Waals surface area contributed by atoms with Gasteiger partial charge in [0.25, 0.3) is 0 Å². The Hall–Kier alpha value is -4.08. The van der Waals surface area contributed by atoms with Gasteiger partial charge in [0, 0.05) is 31.4 Å². The van der Waals surface area contributed by atoms with E-state index in [1.807, 2.05) is 12.1 Å². The number of alkyl halides is 3. The molecule has 1 saturated heterocycles. The summed E-state index contributed by atoms with van der Waals surface area (Å²) in [5.41, 5.74) is 1.84. The number of piperidine rings is 1. The first kappa shape index (κ1) is 25.0. The number of benzene rings is 1. The second-order valence-corrected chi connectivity index (χ2v) is 8.39. The molecule has 1 aliphatic heterocycles. The van der Waals surface area contributed by atoms with E-state index >= 15 is 0 Å². The van der Waals surface area contributed by atoms with Gasteiger partial charge in [-0.2, -0.15) is 13.2 Å². The van der Waals surface area contributed by atoms with Crippen molar-refractivity contribution < 1.29 is 27.4 Å². The van der Waals surface area contributed by atoms with Gasteiger partial charge in [-0.1, -0.05) is 30.7 Å². The number of methoxy groups -OCH3 is 1. The van der Waals surface area contributed by atoms with Gasteiger partial charge < -0.3 is 19.7 Å². The number of likely N-dealkylation sites (tertiary alicyclic amines) is 1. The average Bonchev–Trinajstić information content (AvgIpc) is 2.86. The molecule has 1 aliphatic rings. The molecule has 0 bridgehead atoms. The first-order valence-electron chi connectivity index (χ1n) is 11.3. The fourth-order valence-electron chi connectivity index (χ4n) is 3.84. The Kier molecular flexibility index (Phi) is 7.42. The van der Waals surface area contributed by atoms with Gasteiger partial charge >= 0.3 is 12.2 Å². The van der Waals surface area contributed by atoms with Gasteiger partial charge in [0.05, 0.1) is 24.6 Å². The molecule has 0 saturated carbocycles. The first-order chi connectivity index (χ1) is 17.2. The molecule has 1 unspecified atom stereocenters. The van der Waals surface area contributed by atoms with Crippen LogP contribution in [0, 0.1) is 5.92 Å². The van der Waals surface area contributed by atoms with Crippen molar-refractivity contribution in [1.82, 2.24) is 14.9 Å². The fourth-order valence-corrected chi connectivity index (χ4v) is 3.84. The number of hydrogen-bond acceptors (Lipinski definition) is 5. The van der Waals surface area contributed by atoms with Gasteiger partial charge in [-0.15, -0.1) is 0 Å². The van der Waals surface area contributed by atoms with Crippen molar-refractivity contribution in [3.63, 3.8) is 0 Å². The Morgan fingerprint density at radius 1 is 1.11 bits per heavy atom. The van der Waals surface area contributed by atoms with Crippen LogP contribution in [0.4, 0.5) is 23.7 Å². The van der Waals surface area contributed by atoms with Crippen LogP contribution in [-0.4, -0.2) is 41.1 Å². The summed E-state index contributed by atoms with van der Waals surface area (Å²) in [5.74, 6) is 1.15. The smallest absolute Gasteiger partial charge is 0.417 e. The SMILES string of the molecule is COc1ccc(NC(=O)N2CCC(=Cc3cccc(Oc4ccc(C(F)(F)F)cn4)c3)C(C)C2)cn1. The van der Waals surface area contributed by atoms with E-state index in [2.05, 4.69) is 28.3 Å². The number of carbonyl (C=O) groups is 1. The number of halogens is 3. The lowest BCUT2D eigenvalue weighted by Gasteiger charge is -2.33. The van der Waals surface area contributed by atoms with Gasteiger partial charge in [-0.3, -0.25) is 0 Å². The summed E-state index contributed by atoms with van der Waals surface area (Å²) in [5, 5.41) is 2.85. The molecule has 1 aromatic carbocycles. The Bertz CT molecular complexity index is 1230. The van der Waals surface area contributed by atoms with E-state index in [0.717, 1.165) is 17.8 Å². The minimum absolute atomic E-state index is 0.0764. The summed E-state index contributed by atoms with van der Waals surface area (Å²) >= 11 is 0. The number of rotatable bonds is 5. The van der Waals surface area contributed by atoms with Crippen LogP contribution < -0.4 is 14.8 Å². The number of aromatic nitrogens is 2. The van der Waals surface area contributed by atoms with E-state index in [-0.39, 0.29) is 17.8 Å². The summed E-state index contributed by atoms with van der Waals surface area (Å²) in [4.78, 5) is 22.3. The molecule has 2 aromatic heterocycles. The van der Waals surface area contributed by atoms with Crippen molar-refractivity contribution in [1.29, 1.82) is 0 Å². The number of ether oxygens (including phenoxy) is 2. The van der Waals surface area contributed by atoms with Crippen molar-refractivity contribution in [2.24, 2.45) is 5.92 Å². The molecule has 2 amide bonds. The van der Waals surface area contributed by atoms with Gasteiger partial charge in [0.15, 0.2) is 0 Å². The molecule has 0 radical (unpaired) electrons. The molecule has 1 atom stereocenters. The highest BCUT2D eigenvalue weighted by Gasteiger charge is 2.30. The highest BCUT2D eigenvalue weighted by molar-refractivity contribution is 5.89. The zero-order valence-corrected chi connectivity index (χ0v) is 19.7. The Morgan fingerprint density at radius 2 is 1.89 bits per heavy atom. The number of hydrogen-bond donors (Lipinski definition) is 1. The number of anilines is 1. The molecule has 10 heteroatoms. The maximum Gasteiger partial charge on any atom is 0.417 e. The van der Waals surface area contributed by atoms with E-state index in [9.17, 15) is 18.0 Å². The molecule has 1 N–H and O–H groups in total. The number of amides is 2. The van der Waals surface area contributed by atoms with Crippen LogP contribution in [0.5, 0.6) is 17.5 Å². The maximum atomic E-state index is 12.7. The monoisotopic (exact) mass is 498 g/mol. The lowest BCUT2D eigenvalue weighted by molar-refractivity contribution is -0.137. The predicted octanol–water partition coefficient (Wildman–Crippen LogP) is 6.25. The van der Waals surface area contributed by atoms with Crippen LogP contribution in [0.15, 0.2) is 66.5 Å². The van der Waals surface area contributed by atoms with Crippen molar-refractivity contribution in [3.8, 4) is 17.5 Å². The minimum Gasteiger partial charge on any atom is -0.481 e. The lowest BCUT2D eigenvalue weighted by Crippen LogP contribution is -2.42. The molecule has 3 aromatic rings. The standard InChI is InChI=1S/C26H25F3N4O3/c1-17-16-33(25(34)32-21-7-9-23(35-2)31-15-21)11-10-19(17)12-18-4-3-5-22(13-18)36-24-8-6-20(14-30-24)26(27,28)29/h3-9,12-15,17H,10-11,16H2,1-2H3,(H,32,34). The molecule has 4 rings (SSSR count). The predicted molar refractivity (Wildman–Crippen MR) is 129 cm³/mol. The molecular weight excluding hydrogens is 473 g/mol. The van der Waals surface area contributed by atoms with Crippen molar-refractivity contribution in [2.45, 2.75) is 19.5 Å². The van der Waals surface area contributed by atoms with Crippen LogP contribution in [0.25, 0.3) is 6.08 Å². The maximum absolute atomic E-state index is 12.7. The van der Waals surface area contributed by atoms with E-state index in [1.165, 1.54) is 18.7 Å². The quantitative estimate of drug-likeness (QED) is 0.450. The number of urea groups is 1. The zero-order valence-electron chi connectivity index (χ0n) is 19.7. The summed E-state index contributed by atoms with van der Waals surface area (Å²) < 4.78 is 48.8. The minimum atomic E-state index is -4.45. The Balaban J connectivity index is 1.37. The number of nitrogens with one attached hydrogen (secondary N) is 1. The molecule has 0 spiro atoms. The number of pyridine rings is 2. The second kappa shape index (κ2) is 10.7. The van der Waals surface area contributed by atoms with E-state index < -0.39 is 11.7 Å². The molecule has 1 fully saturated rings. The largest absolute Gasteiger partial charge is 0.481 e. The fraction of sp³-hybridized carbons (Fsp3) is 0.269. The van der Waals surface area contributed by atoms with Crippen LogP contribution in [0.1, 0.15) is 24.5 Å². The molecule has 0 aliphatic carbocycles. The van der Waals surface area contributed by atoms with Crippen LogP contribution in [-0.2, 0) is 6.18 Å². The number of nitrogens with zero attached hydrogens (tertiary/aromatic N) is 3. The van der Waals surface area contributed by atoms with E-state index in [1.54, 1.807) is 35.4 Å². The Labute approximate surface area is 206 Å². The third kappa shape index (κ3) is 6.32. The summed E-state index contributed by atoms with van der Waals surface area (Å²) in [6, 6.07) is 12.6. The van der Waals surface area contributed by atoms with Crippen molar-refractivity contribution in [3.05, 3.63) is 77.6 Å². The molecule has 7 nitrogen and oxygen atoms in total. The molecule has 3 heterocycles. The van der Waals surface area contributed by atoms with Crippen molar-refractivity contribution in [2.75, 3.05) is 25.5 Å². The summed E-state index contributed by atoms with van der Waals surface area (Å²) in [6.07, 6.45) is 0.613. The van der Waals surface area contributed by atoms with Gasteiger partial charge in [-0.25, -0.2) is 14.8 Å². The third-order valence-electron chi connectivity index (χ3n) is 5.78. The third-order valence-corrected chi connectivity index (χ3v) is 5.78. The average molecular weight is 499 g/mol. The summed E-state index contributed by atoms with van der Waals surface area (Å²) in [6.45, 7) is 3.19. The van der Waals surface area contributed by atoms with Gasteiger partial charge in [0.2, 0.25) is 11.8 Å². The van der Waals surface area contributed by atoms with Gasteiger partial charge in [-0.05, 0) is 42.2 Å². The Morgan fingerprint density at radius 3 is 2.53 bits per heavy atom. The summed E-state index contributed by atoms with van der Waals surface area (Å²) in [7, 11) is 1.53. The first-order valence-corrected chi connectivity index (χ1v) is 11.3. The lowest BCUT2D eigenvalue weighted by atomic mass is 9.91. The zero-order chi connectivity index (χ0) is 25.7. The van der Waals surface area contributed by atoms with Crippen molar-refractivity contribution >= 4 is 17.8 Å². The van der Waals surface area contributed by atoms with E-state index in [0.29, 0.717) is 36.8 Å². The van der Waals surface area contributed by atoms with Crippen LogP contribution in [0.2, 0.25) is 0 Å². The highest BCUT2D eigenvalue weighted by atomic mass is 19.4. The molecule has 188 valence electrons. The van der Waals surface area contributed by atoms with E-state index in [4.69, 9.17) is 9.47 Å². The topological polar surface area (TPSA) is 76.6 Å². The van der Waals surface area contributed by atoms with Gasteiger partial charge in [0.1, 0.15) is 5.75 Å². The highest BCUT2D eigenvalue weighted by Crippen LogP contribution is 2.31. The van der Waals surface area contributed by atoms with Crippen LogP contribution in [0.3, 0.4) is 0 Å². The van der Waals surface area contributed by atoms with Crippen LogP contribution >= 0.6 is 0 Å². The molecular formula is C26H25F3N4O3. The normalized spacial score (nSPS) is 17.1. The number of carbonyl (C=O) groups excluding carboxylic acids is 1.